The van der Waals surface area contributed by atoms with Crippen LogP contribution in [0.4, 0.5) is 0 Å². The maximum atomic E-state index is 10.9. The third-order valence-electron chi connectivity index (χ3n) is 2.95. The van der Waals surface area contributed by atoms with Gasteiger partial charge in [0, 0.05) is 30.1 Å². The van der Waals surface area contributed by atoms with E-state index in [-0.39, 0.29) is 18.0 Å². The number of nitrogens with one attached hydrogen (secondary N) is 1. The van der Waals surface area contributed by atoms with E-state index in [0.717, 1.165) is 17.1 Å². The standard InChI is InChI=1S/C14H22N2O3/c1-9(7-14(15)17)16-10(2)12-6-5-11(18-3)8-13(12)19-4/h5-6,8-10,16H,7H2,1-4H3,(H2,15,17). The molecule has 0 radical (unpaired) electrons. The molecule has 0 bridgehead atoms. The molecule has 0 aliphatic carbocycles. The Hall–Kier alpha value is -1.75. The number of benzene rings is 1. The summed E-state index contributed by atoms with van der Waals surface area (Å²) in [4.78, 5) is 10.9. The molecule has 5 nitrogen and oxygen atoms in total. The first-order chi connectivity index (χ1) is 8.97. The minimum absolute atomic E-state index is 0.0132. The average molecular weight is 266 g/mol. The minimum atomic E-state index is -0.311. The highest BCUT2D eigenvalue weighted by Gasteiger charge is 2.15. The smallest absolute Gasteiger partial charge is 0.218 e. The van der Waals surface area contributed by atoms with E-state index in [1.807, 2.05) is 32.0 Å². The molecular formula is C14H22N2O3. The van der Waals surface area contributed by atoms with E-state index < -0.39 is 0 Å². The number of methoxy groups -OCH3 is 2. The Bertz CT molecular complexity index is 435. The van der Waals surface area contributed by atoms with E-state index in [0.29, 0.717) is 6.42 Å². The van der Waals surface area contributed by atoms with E-state index in [1.165, 1.54) is 0 Å². The third-order valence-corrected chi connectivity index (χ3v) is 2.95. The fraction of sp³-hybridized carbons (Fsp3) is 0.500. The number of amides is 1. The van der Waals surface area contributed by atoms with Crippen LogP contribution in [0.5, 0.6) is 11.5 Å². The second-order valence-corrected chi connectivity index (χ2v) is 4.57. The van der Waals surface area contributed by atoms with Crippen molar-refractivity contribution in [2.45, 2.75) is 32.4 Å². The van der Waals surface area contributed by atoms with Crippen molar-refractivity contribution in [3.05, 3.63) is 23.8 Å². The van der Waals surface area contributed by atoms with Gasteiger partial charge in [0.1, 0.15) is 11.5 Å². The summed E-state index contributed by atoms with van der Waals surface area (Å²) < 4.78 is 10.5. The summed E-state index contributed by atoms with van der Waals surface area (Å²) in [6, 6.07) is 5.74. The van der Waals surface area contributed by atoms with Crippen LogP contribution in [0.15, 0.2) is 18.2 Å². The number of hydrogen-bond acceptors (Lipinski definition) is 4. The molecule has 2 unspecified atom stereocenters. The van der Waals surface area contributed by atoms with Crippen LogP contribution in [0, 0.1) is 0 Å². The van der Waals surface area contributed by atoms with Gasteiger partial charge in [-0.05, 0) is 19.9 Å². The molecule has 0 spiro atoms. The van der Waals surface area contributed by atoms with Crippen molar-refractivity contribution in [3.63, 3.8) is 0 Å². The molecular weight excluding hydrogens is 244 g/mol. The average Bonchev–Trinajstić information content (AvgIpc) is 2.36. The maximum Gasteiger partial charge on any atom is 0.218 e. The Kier molecular flexibility index (Phi) is 5.63. The molecule has 0 fully saturated rings. The fourth-order valence-electron chi connectivity index (χ4n) is 2.05. The van der Waals surface area contributed by atoms with Crippen molar-refractivity contribution in [2.75, 3.05) is 14.2 Å². The molecule has 1 amide bonds. The topological polar surface area (TPSA) is 73.6 Å². The summed E-state index contributed by atoms with van der Waals surface area (Å²) in [5.41, 5.74) is 6.20. The normalized spacial score (nSPS) is 13.7. The molecule has 0 aliphatic rings. The van der Waals surface area contributed by atoms with E-state index in [2.05, 4.69) is 5.32 Å². The highest BCUT2D eigenvalue weighted by atomic mass is 16.5. The number of nitrogens with two attached hydrogens (primary N) is 1. The predicted octanol–water partition coefficient (Wildman–Crippen LogP) is 1.62. The van der Waals surface area contributed by atoms with Crippen molar-refractivity contribution in [1.29, 1.82) is 0 Å². The number of rotatable bonds is 7. The van der Waals surface area contributed by atoms with Gasteiger partial charge >= 0.3 is 0 Å². The first kappa shape index (κ1) is 15.3. The van der Waals surface area contributed by atoms with Gasteiger partial charge < -0.3 is 20.5 Å². The van der Waals surface area contributed by atoms with Crippen LogP contribution < -0.4 is 20.5 Å². The van der Waals surface area contributed by atoms with Crippen molar-refractivity contribution < 1.29 is 14.3 Å². The zero-order valence-electron chi connectivity index (χ0n) is 11.9. The Morgan fingerprint density at radius 1 is 1.32 bits per heavy atom. The van der Waals surface area contributed by atoms with Gasteiger partial charge in [-0.25, -0.2) is 0 Å². The van der Waals surface area contributed by atoms with Gasteiger partial charge in [-0.3, -0.25) is 4.79 Å². The molecule has 5 heteroatoms. The monoisotopic (exact) mass is 266 g/mol. The number of ether oxygens (including phenoxy) is 2. The summed E-state index contributed by atoms with van der Waals surface area (Å²) in [6.45, 7) is 3.94. The zero-order chi connectivity index (χ0) is 14.4. The summed E-state index contributed by atoms with van der Waals surface area (Å²) >= 11 is 0. The summed E-state index contributed by atoms with van der Waals surface area (Å²) in [6.07, 6.45) is 0.308. The number of hydrogen-bond donors (Lipinski definition) is 2. The van der Waals surface area contributed by atoms with Crippen LogP contribution in [0.2, 0.25) is 0 Å². The molecule has 3 N–H and O–H groups in total. The summed E-state index contributed by atoms with van der Waals surface area (Å²) in [7, 11) is 3.24. The largest absolute Gasteiger partial charge is 0.497 e. The molecule has 106 valence electrons. The van der Waals surface area contributed by atoms with Crippen LogP contribution in [0.3, 0.4) is 0 Å². The van der Waals surface area contributed by atoms with Crippen molar-refractivity contribution in [2.24, 2.45) is 5.73 Å². The summed E-state index contributed by atoms with van der Waals surface area (Å²) in [5.74, 6) is 1.19. The highest BCUT2D eigenvalue weighted by Crippen LogP contribution is 2.29. The molecule has 0 aromatic heterocycles. The first-order valence-corrected chi connectivity index (χ1v) is 6.24. The Morgan fingerprint density at radius 2 is 2.00 bits per heavy atom. The lowest BCUT2D eigenvalue weighted by Crippen LogP contribution is -2.33. The van der Waals surface area contributed by atoms with E-state index in [4.69, 9.17) is 15.2 Å². The van der Waals surface area contributed by atoms with Crippen molar-refractivity contribution in [1.82, 2.24) is 5.32 Å². The van der Waals surface area contributed by atoms with Gasteiger partial charge in [-0.15, -0.1) is 0 Å². The van der Waals surface area contributed by atoms with Crippen LogP contribution in [0.25, 0.3) is 0 Å². The second kappa shape index (κ2) is 6.99. The number of carbonyl (C=O) groups is 1. The van der Waals surface area contributed by atoms with E-state index in [9.17, 15) is 4.79 Å². The van der Waals surface area contributed by atoms with E-state index >= 15 is 0 Å². The SMILES string of the molecule is COc1ccc(C(C)NC(C)CC(N)=O)c(OC)c1. The van der Waals surface area contributed by atoms with Crippen molar-refractivity contribution in [3.8, 4) is 11.5 Å². The van der Waals surface area contributed by atoms with Crippen LogP contribution in [-0.4, -0.2) is 26.2 Å². The molecule has 1 rings (SSSR count). The molecule has 2 atom stereocenters. The van der Waals surface area contributed by atoms with Gasteiger partial charge in [0.15, 0.2) is 0 Å². The summed E-state index contributed by atoms with van der Waals surface area (Å²) in [5, 5.41) is 3.32. The van der Waals surface area contributed by atoms with Gasteiger partial charge in [-0.2, -0.15) is 0 Å². The molecule has 1 aromatic carbocycles. The zero-order valence-corrected chi connectivity index (χ0v) is 11.9. The number of carbonyl (C=O) groups excluding carboxylic acids is 1. The molecule has 1 aromatic rings. The lowest BCUT2D eigenvalue weighted by molar-refractivity contribution is -0.118. The van der Waals surface area contributed by atoms with Crippen molar-refractivity contribution >= 4 is 5.91 Å². The fourth-order valence-corrected chi connectivity index (χ4v) is 2.05. The van der Waals surface area contributed by atoms with E-state index in [1.54, 1.807) is 14.2 Å². The van der Waals surface area contributed by atoms with Gasteiger partial charge in [0.25, 0.3) is 0 Å². The highest BCUT2D eigenvalue weighted by molar-refractivity contribution is 5.74. The molecule has 19 heavy (non-hydrogen) atoms. The molecule has 0 aliphatic heterocycles. The van der Waals surface area contributed by atoms with Crippen LogP contribution >= 0.6 is 0 Å². The maximum absolute atomic E-state index is 10.9. The van der Waals surface area contributed by atoms with Crippen LogP contribution in [-0.2, 0) is 4.79 Å². The predicted molar refractivity (Wildman–Crippen MR) is 74.4 cm³/mol. The quantitative estimate of drug-likeness (QED) is 0.786. The lowest BCUT2D eigenvalue weighted by atomic mass is 10.1. The van der Waals surface area contributed by atoms with Gasteiger partial charge in [0.05, 0.1) is 14.2 Å². The third kappa shape index (κ3) is 4.44. The lowest BCUT2D eigenvalue weighted by Gasteiger charge is -2.21. The van der Waals surface area contributed by atoms with Crippen LogP contribution in [0.1, 0.15) is 31.9 Å². The Morgan fingerprint density at radius 3 is 2.53 bits per heavy atom. The minimum Gasteiger partial charge on any atom is -0.497 e. The molecule has 0 saturated heterocycles. The first-order valence-electron chi connectivity index (χ1n) is 6.24. The Labute approximate surface area is 114 Å². The Balaban J connectivity index is 2.81. The second-order valence-electron chi connectivity index (χ2n) is 4.57. The van der Waals surface area contributed by atoms with Gasteiger partial charge in [-0.1, -0.05) is 6.07 Å². The molecule has 0 saturated carbocycles. The number of primary amides is 1. The molecule has 0 heterocycles. The van der Waals surface area contributed by atoms with Gasteiger partial charge in [0.2, 0.25) is 5.91 Å².